The quantitative estimate of drug-likeness (QED) is 0.687. The molecule has 0 unspecified atom stereocenters. The van der Waals surface area contributed by atoms with E-state index in [2.05, 4.69) is 15.0 Å². The van der Waals surface area contributed by atoms with Gasteiger partial charge in [-0.25, -0.2) is 18.1 Å². The van der Waals surface area contributed by atoms with Gasteiger partial charge in [-0.3, -0.25) is 4.79 Å². The van der Waals surface area contributed by atoms with Gasteiger partial charge in [0.15, 0.2) is 0 Å². The van der Waals surface area contributed by atoms with Gasteiger partial charge >= 0.3 is 0 Å². The summed E-state index contributed by atoms with van der Waals surface area (Å²) in [5, 5.41) is 3.18. The number of rotatable bonds is 5. The third-order valence-corrected chi connectivity index (χ3v) is 5.57. The second-order valence-corrected chi connectivity index (χ2v) is 7.71. The van der Waals surface area contributed by atoms with Crippen LogP contribution in [0.1, 0.15) is 15.9 Å². The van der Waals surface area contributed by atoms with E-state index in [1.54, 1.807) is 35.4 Å². The second kappa shape index (κ2) is 7.81. The highest BCUT2D eigenvalue weighted by Gasteiger charge is 2.21. The Hall–Kier alpha value is -2.49. The fourth-order valence-corrected chi connectivity index (χ4v) is 3.76. The van der Waals surface area contributed by atoms with Gasteiger partial charge in [-0.2, -0.15) is 0 Å². The zero-order valence-corrected chi connectivity index (χ0v) is 15.0. The van der Waals surface area contributed by atoms with Crippen molar-refractivity contribution in [3.8, 4) is 0 Å². The lowest BCUT2D eigenvalue weighted by molar-refractivity contribution is 0.0735. The van der Waals surface area contributed by atoms with Crippen LogP contribution >= 0.6 is 0 Å². The lowest BCUT2D eigenvalue weighted by Crippen LogP contribution is -2.46. The summed E-state index contributed by atoms with van der Waals surface area (Å²) in [4.78, 5) is 18.2. The summed E-state index contributed by atoms with van der Waals surface area (Å²) in [5.41, 5.74) is 6.68. The Kier molecular flexibility index (Phi) is 5.50. The Bertz CT molecular complexity index is 895. The number of anilines is 1. The predicted molar refractivity (Wildman–Crippen MR) is 97.9 cm³/mol. The van der Waals surface area contributed by atoms with Gasteiger partial charge in [0.05, 0.1) is 4.90 Å². The van der Waals surface area contributed by atoms with Crippen molar-refractivity contribution >= 4 is 21.7 Å². The molecule has 138 valence electrons. The van der Waals surface area contributed by atoms with Crippen molar-refractivity contribution in [2.24, 2.45) is 0 Å². The molecule has 26 heavy (non-hydrogen) atoms. The highest BCUT2D eigenvalue weighted by atomic mass is 32.2. The predicted octanol–water partition coefficient (Wildman–Crippen LogP) is 0.188. The lowest BCUT2D eigenvalue weighted by Gasteiger charge is -2.27. The Morgan fingerprint density at radius 2 is 2.00 bits per heavy atom. The van der Waals surface area contributed by atoms with E-state index in [9.17, 15) is 13.2 Å². The SMILES string of the molecule is Nc1ncccc1CNS(=O)(=O)c1cccc(C(=O)N2CCNCC2)c1. The van der Waals surface area contributed by atoms with Crippen molar-refractivity contribution in [3.05, 3.63) is 53.7 Å². The summed E-state index contributed by atoms with van der Waals surface area (Å²) in [6.45, 7) is 2.70. The fourth-order valence-electron chi connectivity index (χ4n) is 2.70. The van der Waals surface area contributed by atoms with Crippen LogP contribution in [0.5, 0.6) is 0 Å². The molecule has 3 rings (SSSR count). The maximum atomic E-state index is 12.6. The highest BCUT2D eigenvalue weighted by molar-refractivity contribution is 7.89. The normalized spacial score (nSPS) is 15.0. The van der Waals surface area contributed by atoms with Gasteiger partial charge in [0.25, 0.3) is 5.91 Å². The lowest BCUT2D eigenvalue weighted by atomic mass is 10.2. The molecule has 1 aromatic carbocycles. The van der Waals surface area contributed by atoms with E-state index in [-0.39, 0.29) is 23.2 Å². The molecule has 2 heterocycles. The molecule has 1 aromatic heterocycles. The number of benzene rings is 1. The van der Waals surface area contributed by atoms with Crippen molar-refractivity contribution in [1.82, 2.24) is 19.9 Å². The van der Waals surface area contributed by atoms with Gasteiger partial charge in [0.1, 0.15) is 5.82 Å². The van der Waals surface area contributed by atoms with Gasteiger partial charge < -0.3 is 16.0 Å². The Balaban J connectivity index is 1.75. The topological polar surface area (TPSA) is 117 Å². The molecule has 4 N–H and O–H groups in total. The zero-order chi connectivity index (χ0) is 18.6. The smallest absolute Gasteiger partial charge is 0.253 e. The molecular formula is C17H21N5O3S. The van der Waals surface area contributed by atoms with Gasteiger partial charge in [-0.1, -0.05) is 12.1 Å². The summed E-state index contributed by atoms with van der Waals surface area (Å²) < 4.78 is 27.6. The van der Waals surface area contributed by atoms with E-state index in [0.717, 1.165) is 13.1 Å². The number of hydrogen-bond donors (Lipinski definition) is 3. The van der Waals surface area contributed by atoms with Crippen LogP contribution in [0, 0.1) is 0 Å². The summed E-state index contributed by atoms with van der Waals surface area (Å²) in [6.07, 6.45) is 1.54. The summed E-state index contributed by atoms with van der Waals surface area (Å²) in [7, 11) is -3.78. The molecule has 8 nitrogen and oxygen atoms in total. The van der Waals surface area contributed by atoms with E-state index in [1.165, 1.54) is 12.1 Å². The molecule has 0 bridgehead atoms. The van der Waals surface area contributed by atoms with Crippen LogP contribution in [-0.4, -0.2) is 50.4 Å². The largest absolute Gasteiger partial charge is 0.383 e. The van der Waals surface area contributed by atoms with Crippen molar-refractivity contribution in [3.63, 3.8) is 0 Å². The number of pyridine rings is 1. The van der Waals surface area contributed by atoms with Gasteiger partial charge in [0, 0.05) is 50.0 Å². The van der Waals surface area contributed by atoms with Crippen molar-refractivity contribution < 1.29 is 13.2 Å². The monoisotopic (exact) mass is 375 g/mol. The van der Waals surface area contributed by atoms with Crippen LogP contribution in [0.15, 0.2) is 47.5 Å². The van der Waals surface area contributed by atoms with Crippen LogP contribution in [-0.2, 0) is 16.6 Å². The average molecular weight is 375 g/mol. The number of piperazine rings is 1. The van der Waals surface area contributed by atoms with E-state index in [4.69, 9.17) is 5.73 Å². The minimum absolute atomic E-state index is 0.0258. The molecule has 9 heteroatoms. The van der Waals surface area contributed by atoms with Crippen LogP contribution in [0.4, 0.5) is 5.82 Å². The number of hydrogen-bond acceptors (Lipinski definition) is 6. The summed E-state index contributed by atoms with van der Waals surface area (Å²) in [6, 6.07) is 9.45. The molecule has 0 saturated carbocycles. The number of nitrogens with zero attached hydrogens (tertiary/aromatic N) is 2. The van der Waals surface area contributed by atoms with Crippen molar-refractivity contribution in [2.45, 2.75) is 11.4 Å². The molecule has 2 aromatic rings. The first-order valence-corrected chi connectivity index (χ1v) is 9.75. The molecule has 0 aliphatic carbocycles. The first-order chi connectivity index (χ1) is 12.5. The number of nitrogens with one attached hydrogen (secondary N) is 2. The van der Waals surface area contributed by atoms with E-state index >= 15 is 0 Å². The Labute approximate surface area is 152 Å². The van der Waals surface area contributed by atoms with Crippen LogP contribution in [0.2, 0.25) is 0 Å². The Morgan fingerprint density at radius 3 is 2.73 bits per heavy atom. The number of carbonyl (C=O) groups is 1. The average Bonchev–Trinajstić information content (AvgIpc) is 2.67. The number of nitrogens with two attached hydrogens (primary N) is 1. The molecule has 1 aliphatic rings. The number of nitrogen functional groups attached to an aromatic ring is 1. The standard InChI is InChI=1S/C17H21N5O3S/c18-16-14(4-2-6-20-16)12-21-26(24,25)15-5-1-3-13(11-15)17(23)22-9-7-19-8-10-22/h1-6,11,19,21H,7-10,12H2,(H2,18,20). The Morgan fingerprint density at radius 1 is 1.23 bits per heavy atom. The minimum atomic E-state index is -3.78. The van der Waals surface area contributed by atoms with Crippen LogP contribution < -0.4 is 15.8 Å². The molecule has 0 radical (unpaired) electrons. The van der Waals surface area contributed by atoms with Crippen LogP contribution in [0.3, 0.4) is 0 Å². The third kappa shape index (κ3) is 4.18. The zero-order valence-electron chi connectivity index (χ0n) is 14.2. The highest BCUT2D eigenvalue weighted by Crippen LogP contribution is 2.15. The maximum absolute atomic E-state index is 12.6. The van der Waals surface area contributed by atoms with Crippen molar-refractivity contribution in [2.75, 3.05) is 31.9 Å². The van der Waals surface area contributed by atoms with E-state index in [0.29, 0.717) is 24.2 Å². The van der Waals surface area contributed by atoms with Crippen molar-refractivity contribution in [1.29, 1.82) is 0 Å². The van der Waals surface area contributed by atoms with Gasteiger partial charge in [-0.15, -0.1) is 0 Å². The summed E-state index contributed by atoms with van der Waals surface area (Å²) >= 11 is 0. The second-order valence-electron chi connectivity index (χ2n) is 5.94. The number of amides is 1. The van der Waals surface area contributed by atoms with Gasteiger partial charge in [0.2, 0.25) is 10.0 Å². The molecule has 0 spiro atoms. The third-order valence-electron chi connectivity index (χ3n) is 4.17. The van der Waals surface area contributed by atoms with Crippen LogP contribution in [0.25, 0.3) is 0 Å². The summed E-state index contributed by atoms with van der Waals surface area (Å²) in [5.74, 6) is 0.109. The molecular weight excluding hydrogens is 354 g/mol. The van der Waals surface area contributed by atoms with Gasteiger partial charge in [-0.05, 0) is 24.3 Å². The number of sulfonamides is 1. The molecule has 1 amide bonds. The molecule has 1 saturated heterocycles. The molecule has 1 fully saturated rings. The molecule has 1 aliphatic heterocycles. The van der Waals surface area contributed by atoms with E-state index < -0.39 is 10.0 Å². The fraction of sp³-hybridized carbons (Fsp3) is 0.294. The van der Waals surface area contributed by atoms with E-state index in [1.807, 2.05) is 0 Å². The first kappa shape index (κ1) is 18.3. The number of carbonyl (C=O) groups excluding carboxylic acids is 1. The first-order valence-electron chi connectivity index (χ1n) is 8.26. The minimum Gasteiger partial charge on any atom is -0.383 e. The maximum Gasteiger partial charge on any atom is 0.253 e. The number of aromatic nitrogens is 1. The molecule has 0 atom stereocenters.